The van der Waals surface area contributed by atoms with Gasteiger partial charge in [0.25, 0.3) is 10.0 Å². The van der Waals surface area contributed by atoms with Gasteiger partial charge in [-0.05, 0) is 38.5 Å². The predicted molar refractivity (Wildman–Crippen MR) is 73.9 cm³/mol. The van der Waals surface area contributed by atoms with Crippen LogP contribution in [0, 0.1) is 12.8 Å². The smallest absolute Gasteiger partial charge is 0.305 e. The van der Waals surface area contributed by atoms with Crippen LogP contribution in [0.1, 0.15) is 37.8 Å². The number of aromatic nitrogens is 1. The van der Waals surface area contributed by atoms with Crippen molar-refractivity contribution >= 4 is 21.4 Å². The number of nitrogens with one attached hydrogen (secondary N) is 1. The molecule has 0 bridgehead atoms. The Morgan fingerprint density at radius 2 is 2.00 bits per heavy atom. The Bertz CT molecular complexity index is 632. The largest absolute Gasteiger partial charge is 0.315 e. The summed E-state index contributed by atoms with van der Waals surface area (Å²) in [5.74, 6) is 0.513. The summed E-state index contributed by atoms with van der Waals surface area (Å²) in [7, 11) is -3.51. The highest BCUT2D eigenvalue weighted by molar-refractivity contribution is 7.91. The van der Waals surface area contributed by atoms with Crippen LogP contribution in [0.25, 0.3) is 0 Å². The minimum atomic E-state index is -3.51. The topological polar surface area (TPSA) is 70.2 Å². The highest BCUT2D eigenvalue weighted by Gasteiger charge is 2.42. The minimum absolute atomic E-state index is 0.148. The van der Waals surface area contributed by atoms with E-state index in [4.69, 9.17) is 0 Å². The zero-order chi connectivity index (χ0) is 13.6. The van der Waals surface area contributed by atoms with Crippen LogP contribution in [0.4, 0.5) is 0 Å². The third kappa shape index (κ3) is 2.17. The molecule has 1 aliphatic carbocycles. The van der Waals surface area contributed by atoms with E-state index < -0.39 is 10.0 Å². The average molecular weight is 302 g/mol. The first-order valence-electron chi connectivity index (χ1n) is 6.71. The fourth-order valence-corrected chi connectivity index (χ4v) is 6.62. The Labute approximate surface area is 116 Å². The molecule has 2 aliphatic rings. The van der Waals surface area contributed by atoms with E-state index in [0.29, 0.717) is 18.2 Å². The zero-order valence-corrected chi connectivity index (χ0v) is 12.5. The van der Waals surface area contributed by atoms with Crippen molar-refractivity contribution in [2.45, 2.75) is 49.3 Å². The maximum atomic E-state index is 12.7. The summed E-state index contributed by atoms with van der Waals surface area (Å²) in [6.07, 6.45) is 5.28. The molecule has 7 heteroatoms. The first kappa shape index (κ1) is 13.3. The predicted octanol–water partition coefficient (Wildman–Crippen LogP) is 1.70. The summed E-state index contributed by atoms with van der Waals surface area (Å²) in [6.45, 7) is 2.25. The Hall–Kier alpha value is -0.660. The number of thiazole rings is 1. The lowest BCUT2D eigenvalue weighted by Gasteiger charge is -2.36. The Kier molecular flexibility index (Phi) is 3.31. The molecule has 1 saturated heterocycles. The maximum Gasteiger partial charge on any atom is 0.305 e. The maximum absolute atomic E-state index is 12.7. The van der Waals surface area contributed by atoms with E-state index in [1.54, 1.807) is 11.2 Å². The first-order chi connectivity index (χ1) is 9.00. The van der Waals surface area contributed by atoms with Gasteiger partial charge in [-0.25, -0.2) is 8.42 Å². The molecule has 1 aromatic heterocycles. The monoisotopic (exact) mass is 302 g/mol. The second-order valence-corrected chi connectivity index (χ2v) is 8.51. The van der Waals surface area contributed by atoms with Crippen molar-refractivity contribution in [2.24, 2.45) is 5.92 Å². The minimum Gasteiger partial charge on any atom is -0.315 e. The van der Waals surface area contributed by atoms with Crippen LogP contribution in [0.5, 0.6) is 0 Å². The van der Waals surface area contributed by atoms with E-state index in [-0.39, 0.29) is 15.1 Å². The van der Waals surface area contributed by atoms with Crippen molar-refractivity contribution in [1.82, 2.24) is 9.29 Å². The Morgan fingerprint density at radius 1 is 1.26 bits per heavy atom. The molecule has 0 aromatic carbocycles. The number of rotatable bonds is 2. The zero-order valence-electron chi connectivity index (χ0n) is 10.9. The van der Waals surface area contributed by atoms with Gasteiger partial charge in [0.05, 0.1) is 0 Å². The molecule has 0 radical (unpaired) electrons. The van der Waals surface area contributed by atoms with Gasteiger partial charge in [-0.2, -0.15) is 4.31 Å². The van der Waals surface area contributed by atoms with Crippen LogP contribution >= 0.6 is 11.3 Å². The van der Waals surface area contributed by atoms with E-state index in [9.17, 15) is 13.2 Å². The second kappa shape index (κ2) is 4.71. The number of hydrogen-bond donors (Lipinski definition) is 1. The molecule has 2 fully saturated rings. The third-order valence-corrected chi connectivity index (χ3v) is 7.77. The molecule has 1 saturated carbocycles. The molecule has 2 unspecified atom stereocenters. The van der Waals surface area contributed by atoms with Gasteiger partial charge in [0.15, 0.2) is 4.21 Å². The molecule has 2 heterocycles. The molecule has 106 valence electrons. The van der Waals surface area contributed by atoms with E-state index in [1.165, 1.54) is 0 Å². The number of piperidine rings is 1. The molecule has 3 rings (SSSR count). The molecule has 1 aliphatic heterocycles. The summed E-state index contributed by atoms with van der Waals surface area (Å²) in [6, 6.07) is 0.148. The second-order valence-electron chi connectivity index (χ2n) is 5.44. The average Bonchev–Trinajstić information content (AvgIpc) is 2.94. The molecule has 0 spiro atoms. The van der Waals surface area contributed by atoms with Gasteiger partial charge in [0.1, 0.15) is 0 Å². The van der Waals surface area contributed by atoms with Crippen molar-refractivity contribution in [3.8, 4) is 0 Å². The van der Waals surface area contributed by atoms with Crippen LogP contribution < -0.4 is 4.87 Å². The quantitative estimate of drug-likeness (QED) is 0.904. The van der Waals surface area contributed by atoms with Gasteiger partial charge in [-0.15, -0.1) is 0 Å². The van der Waals surface area contributed by atoms with Crippen molar-refractivity contribution in [1.29, 1.82) is 0 Å². The van der Waals surface area contributed by atoms with E-state index in [1.807, 2.05) is 0 Å². The highest BCUT2D eigenvalue weighted by Crippen LogP contribution is 2.39. The van der Waals surface area contributed by atoms with E-state index in [0.717, 1.165) is 43.4 Å². The molecular weight excluding hydrogens is 284 g/mol. The van der Waals surface area contributed by atoms with Crippen molar-refractivity contribution in [3.05, 3.63) is 15.4 Å². The fourth-order valence-electron chi connectivity index (χ4n) is 3.45. The van der Waals surface area contributed by atoms with Gasteiger partial charge in [0.2, 0.25) is 0 Å². The summed E-state index contributed by atoms with van der Waals surface area (Å²) in [5, 5.41) is 0. The van der Waals surface area contributed by atoms with Gasteiger partial charge in [-0.1, -0.05) is 17.8 Å². The van der Waals surface area contributed by atoms with Gasteiger partial charge < -0.3 is 4.98 Å². The highest BCUT2D eigenvalue weighted by atomic mass is 32.2. The summed E-state index contributed by atoms with van der Waals surface area (Å²) in [4.78, 5) is 13.6. The molecule has 0 amide bonds. The van der Waals surface area contributed by atoms with E-state index >= 15 is 0 Å². The first-order valence-corrected chi connectivity index (χ1v) is 8.97. The number of hydrogen-bond acceptors (Lipinski definition) is 4. The lowest BCUT2D eigenvalue weighted by Crippen LogP contribution is -2.45. The van der Waals surface area contributed by atoms with Crippen LogP contribution in [-0.4, -0.2) is 30.3 Å². The molecule has 5 nitrogen and oxygen atoms in total. The van der Waals surface area contributed by atoms with Crippen molar-refractivity contribution in [3.63, 3.8) is 0 Å². The normalized spacial score (nSPS) is 28.5. The fraction of sp³-hybridized carbons (Fsp3) is 0.750. The Balaban J connectivity index is 2.00. The van der Waals surface area contributed by atoms with E-state index in [2.05, 4.69) is 4.98 Å². The van der Waals surface area contributed by atoms with Crippen LogP contribution in [0.3, 0.4) is 0 Å². The number of aryl methyl sites for hydroxylation is 1. The molecule has 19 heavy (non-hydrogen) atoms. The van der Waals surface area contributed by atoms with Crippen molar-refractivity contribution < 1.29 is 8.42 Å². The van der Waals surface area contributed by atoms with Crippen molar-refractivity contribution in [2.75, 3.05) is 6.54 Å². The molecule has 1 N–H and O–H groups in total. The number of aromatic amines is 1. The third-order valence-electron chi connectivity index (χ3n) is 4.27. The molecular formula is C12H18N2O3S2. The lowest BCUT2D eigenvalue weighted by molar-refractivity contribution is 0.202. The molecule has 1 aromatic rings. The van der Waals surface area contributed by atoms with Gasteiger partial charge in [-0.3, -0.25) is 4.79 Å². The van der Waals surface area contributed by atoms with Gasteiger partial charge in [0, 0.05) is 18.3 Å². The number of nitrogens with zero attached hydrogens (tertiary/aromatic N) is 1. The van der Waals surface area contributed by atoms with Crippen LogP contribution in [0.2, 0.25) is 0 Å². The van der Waals surface area contributed by atoms with Gasteiger partial charge >= 0.3 is 4.87 Å². The SMILES string of the molecule is Cc1[nH]c(=O)sc1S(=O)(=O)N1CCCC2CCCC21. The van der Waals surface area contributed by atoms with Crippen LogP contribution in [-0.2, 0) is 10.0 Å². The number of H-pyrrole nitrogens is 1. The lowest BCUT2D eigenvalue weighted by atomic mass is 9.94. The summed E-state index contributed by atoms with van der Waals surface area (Å²) in [5.41, 5.74) is 0.468. The number of fused-ring (bicyclic) bond motifs is 1. The Morgan fingerprint density at radius 3 is 2.68 bits per heavy atom. The molecule has 2 atom stereocenters. The number of sulfonamides is 1. The standard InChI is InChI=1S/C12H18N2O3S2/c1-8-11(18-12(15)13-8)19(16,17)14-7-3-5-9-4-2-6-10(9)14/h9-10H,2-7H2,1H3,(H,13,15). The van der Waals surface area contributed by atoms with Crippen LogP contribution in [0.15, 0.2) is 9.00 Å². The summed E-state index contributed by atoms with van der Waals surface area (Å²) < 4.78 is 27.3. The summed E-state index contributed by atoms with van der Waals surface area (Å²) >= 11 is 0.808.